The van der Waals surface area contributed by atoms with Crippen LogP contribution in [-0.4, -0.2) is 20.6 Å². The van der Waals surface area contributed by atoms with Crippen LogP contribution in [0.4, 0.5) is 4.39 Å². The van der Waals surface area contributed by atoms with Crippen LogP contribution in [0.25, 0.3) is 11.4 Å². The first kappa shape index (κ1) is 11.9. The number of aliphatic carboxylic acids is 1. The van der Waals surface area contributed by atoms with Gasteiger partial charge in [-0.1, -0.05) is 12.1 Å². The first-order chi connectivity index (χ1) is 9.16. The number of hydrogen-bond acceptors (Lipinski definition) is 2. The highest BCUT2D eigenvalue weighted by atomic mass is 19.1. The van der Waals surface area contributed by atoms with Gasteiger partial charge in [0, 0.05) is 17.5 Å². The molecule has 0 radical (unpaired) electrons. The Hall–Kier alpha value is -2.17. The second-order valence-corrected chi connectivity index (χ2v) is 4.70. The summed E-state index contributed by atoms with van der Waals surface area (Å²) >= 11 is 0. The minimum Gasteiger partial charge on any atom is -0.480 e. The topological polar surface area (TPSA) is 55.1 Å². The average Bonchev–Trinajstić information content (AvgIpc) is 2.82. The van der Waals surface area contributed by atoms with Crippen molar-refractivity contribution in [3.05, 3.63) is 42.0 Å². The van der Waals surface area contributed by atoms with Gasteiger partial charge in [-0.2, -0.15) is 0 Å². The summed E-state index contributed by atoms with van der Waals surface area (Å²) in [5.41, 5.74) is 1.51. The van der Waals surface area contributed by atoms with E-state index in [-0.39, 0.29) is 5.82 Å². The molecule has 1 aliphatic rings. The molecule has 1 atom stereocenters. The van der Waals surface area contributed by atoms with E-state index in [1.54, 1.807) is 22.9 Å². The molecule has 0 spiro atoms. The van der Waals surface area contributed by atoms with Gasteiger partial charge in [-0.3, -0.25) is 0 Å². The largest absolute Gasteiger partial charge is 0.480 e. The second kappa shape index (κ2) is 4.50. The highest BCUT2D eigenvalue weighted by Gasteiger charge is 2.28. The summed E-state index contributed by atoms with van der Waals surface area (Å²) in [5.74, 6) is -0.685. The van der Waals surface area contributed by atoms with Gasteiger partial charge in [0.05, 0.1) is 0 Å². The lowest BCUT2D eigenvalue weighted by Crippen LogP contribution is -2.25. The van der Waals surface area contributed by atoms with E-state index < -0.39 is 12.0 Å². The molecule has 0 saturated carbocycles. The number of aryl methyl sites for hydroxylation is 1. The van der Waals surface area contributed by atoms with Gasteiger partial charge < -0.3 is 9.67 Å². The summed E-state index contributed by atoms with van der Waals surface area (Å²) in [5, 5.41) is 9.31. The predicted molar refractivity (Wildman–Crippen MR) is 67.2 cm³/mol. The van der Waals surface area contributed by atoms with Crippen LogP contribution in [-0.2, 0) is 11.2 Å². The zero-order valence-electron chi connectivity index (χ0n) is 10.2. The SMILES string of the molecule is O=C(O)C1CCCc2cnc(-c3cccc(F)c3)n21. The highest BCUT2D eigenvalue weighted by molar-refractivity contribution is 5.73. The van der Waals surface area contributed by atoms with Crippen molar-refractivity contribution >= 4 is 5.97 Å². The summed E-state index contributed by atoms with van der Waals surface area (Å²) in [6, 6.07) is 5.47. The molecule has 2 aromatic rings. The molecule has 3 rings (SSSR count). The maximum absolute atomic E-state index is 13.3. The minimum absolute atomic E-state index is 0.350. The normalized spacial score (nSPS) is 18.1. The van der Waals surface area contributed by atoms with Crippen LogP contribution in [0.3, 0.4) is 0 Å². The molecule has 0 saturated heterocycles. The van der Waals surface area contributed by atoms with Crippen molar-refractivity contribution in [2.75, 3.05) is 0 Å². The molecule has 4 nitrogen and oxygen atoms in total. The molecule has 0 amide bonds. The summed E-state index contributed by atoms with van der Waals surface area (Å²) in [6.45, 7) is 0. The zero-order valence-corrected chi connectivity index (χ0v) is 10.2. The molecule has 19 heavy (non-hydrogen) atoms. The number of fused-ring (bicyclic) bond motifs is 1. The Kier molecular flexibility index (Phi) is 2.81. The predicted octanol–water partition coefficient (Wildman–Crippen LogP) is 2.65. The van der Waals surface area contributed by atoms with E-state index in [2.05, 4.69) is 4.98 Å². The van der Waals surface area contributed by atoms with Crippen molar-refractivity contribution in [1.29, 1.82) is 0 Å². The standard InChI is InChI=1S/C14H13FN2O2/c15-10-4-1-3-9(7-10)13-16-8-11-5-2-6-12(14(18)19)17(11)13/h1,3-4,7-8,12H,2,5-6H2,(H,18,19). The number of imidazole rings is 1. The molecular formula is C14H13FN2O2. The monoisotopic (exact) mass is 260 g/mol. The van der Waals surface area contributed by atoms with E-state index in [1.165, 1.54) is 12.1 Å². The number of hydrogen-bond donors (Lipinski definition) is 1. The quantitative estimate of drug-likeness (QED) is 0.903. The van der Waals surface area contributed by atoms with Gasteiger partial charge in [-0.05, 0) is 31.4 Å². The van der Waals surface area contributed by atoms with Crippen LogP contribution < -0.4 is 0 Å². The van der Waals surface area contributed by atoms with E-state index in [0.717, 1.165) is 18.5 Å². The van der Waals surface area contributed by atoms with Crippen LogP contribution in [0.5, 0.6) is 0 Å². The molecule has 5 heteroatoms. The van der Waals surface area contributed by atoms with E-state index in [4.69, 9.17) is 0 Å². The molecular weight excluding hydrogens is 247 g/mol. The number of carboxylic acids is 1. The van der Waals surface area contributed by atoms with E-state index in [1.807, 2.05) is 0 Å². The van der Waals surface area contributed by atoms with Crippen molar-refractivity contribution in [1.82, 2.24) is 9.55 Å². The Morgan fingerprint density at radius 2 is 2.32 bits per heavy atom. The first-order valence-corrected chi connectivity index (χ1v) is 6.21. The molecule has 1 N–H and O–H groups in total. The Balaban J connectivity index is 2.14. The number of aromatic nitrogens is 2. The molecule has 2 heterocycles. The Morgan fingerprint density at radius 1 is 1.47 bits per heavy atom. The van der Waals surface area contributed by atoms with Crippen molar-refractivity contribution in [2.24, 2.45) is 0 Å². The highest BCUT2D eigenvalue weighted by Crippen LogP contribution is 2.31. The summed E-state index contributed by atoms with van der Waals surface area (Å²) in [6.07, 6.45) is 3.92. The number of halogens is 1. The Morgan fingerprint density at radius 3 is 3.05 bits per heavy atom. The van der Waals surface area contributed by atoms with E-state index in [0.29, 0.717) is 17.8 Å². The summed E-state index contributed by atoms with van der Waals surface area (Å²) in [4.78, 5) is 15.6. The number of nitrogens with zero attached hydrogens (tertiary/aromatic N) is 2. The molecule has 1 unspecified atom stereocenters. The number of benzene rings is 1. The van der Waals surface area contributed by atoms with Crippen LogP contribution in [0.2, 0.25) is 0 Å². The molecule has 1 aromatic heterocycles. The maximum atomic E-state index is 13.3. The summed E-state index contributed by atoms with van der Waals surface area (Å²) < 4.78 is 15.0. The molecule has 98 valence electrons. The van der Waals surface area contributed by atoms with Crippen molar-refractivity contribution < 1.29 is 14.3 Å². The van der Waals surface area contributed by atoms with Crippen LogP contribution >= 0.6 is 0 Å². The van der Waals surface area contributed by atoms with Crippen molar-refractivity contribution in [3.63, 3.8) is 0 Å². The van der Waals surface area contributed by atoms with E-state index >= 15 is 0 Å². The zero-order chi connectivity index (χ0) is 13.4. The fourth-order valence-electron chi connectivity index (χ4n) is 2.61. The van der Waals surface area contributed by atoms with Crippen molar-refractivity contribution in [2.45, 2.75) is 25.3 Å². The number of rotatable bonds is 2. The van der Waals surface area contributed by atoms with Gasteiger partial charge in [0.1, 0.15) is 17.7 Å². The number of carboxylic acid groups (broad SMARTS) is 1. The van der Waals surface area contributed by atoms with Crippen molar-refractivity contribution in [3.8, 4) is 11.4 Å². The third-order valence-corrected chi connectivity index (χ3v) is 3.46. The molecule has 1 aromatic carbocycles. The van der Waals surface area contributed by atoms with Crippen LogP contribution in [0.15, 0.2) is 30.5 Å². The van der Waals surface area contributed by atoms with Crippen LogP contribution in [0, 0.1) is 5.82 Å². The Bertz CT molecular complexity index is 636. The number of carbonyl (C=O) groups is 1. The van der Waals surface area contributed by atoms with Crippen LogP contribution in [0.1, 0.15) is 24.6 Å². The lowest BCUT2D eigenvalue weighted by atomic mass is 10.0. The molecule has 1 aliphatic heterocycles. The molecule has 0 aliphatic carbocycles. The minimum atomic E-state index is -0.864. The third-order valence-electron chi connectivity index (χ3n) is 3.46. The van der Waals surface area contributed by atoms with Gasteiger partial charge >= 0.3 is 5.97 Å². The average molecular weight is 260 g/mol. The third kappa shape index (κ3) is 2.01. The molecule has 0 fully saturated rings. The first-order valence-electron chi connectivity index (χ1n) is 6.21. The van der Waals surface area contributed by atoms with Gasteiger partial charge in [-0.25, -0.2) is 14.2 Å². The van der Waals surface area contributed by atoms with Gasteiger partial charge in [0.2, 0.25) is 0 Å². The van der Waals surface area contributed by atoms with Gasteiger partial charge in [-0.15, -0.1) is 0 Å². The fourth-order valence-corrected chi connectivity index (χ4v) is 2.61. The lowest BCUT2D eigenvalue weighted by molar-refractivity contribution is -0.141. The lowest BCUT2D eigenvalue weighted by Gasteiger charge is -2.24. The van der Waals surface area contributed by atoms with E-state index in [9.17, 15) is 14.3 Å². The van der Waals surface area contributed by atoms with Gasteiger partial charge in [0.15, 0.2) is 0 Å². The fraction of sp³-hybridized carbons (Fsp3) is 0.286. The molecule has 0 bridgehead atoms. The maximum Gasteiger partial charge on any atom is 0.326 e. The second-order valence-electron chi connectivity index (χ2n) is 4.70. The smallest absolute Gasteiger partial charge is 0.326 e. The summed E-state index contributed by atoms with van der Waals surface area (Å²) in [7, 11) is 0. The van der Waals surface area contributed by atoms with Gasteiger partial charge in [0.25, 0.3) is 0 Å². The Labute approximate surface area is 109 Å².